The molecule has 0 aliphatic carbocycles. The van der Waals surface area contributed by atoms with E-state index in [0.717, 1.165) is 44.5 Å². The number of benzene rings is 1. The first-order valence-corrected chi connectivity index (χ1v) is 10.5. The Bertz CT molecular complexity index is 762. The van der Waals surface area contributed by atoms with E-state index < -0.39 is 15.8 Å². The monoisotopic (exact) mass is 384 g/mol. The first kappa shape index (κ1) is 19.1. The Balaban J connectivity index is 1.80. The van der Waals surface area contributed by atoms with Crippen molar-refractivity contribution in [3.63, 3.8) is 0 Å². The molecule has 1 amide bonds. The van der Waals surface area contributed by atoms with Gasteiger partial charge < -0.3 is 9.64 Å². The molecule has 0 unspecified atom stereocenters. The summed E-state index contributed by atoms with van der Waals surface area (Å²) in [4.78, 5) is 14.4. The summed E-state index contributed by atoms with van der Waals surface area (Å²) in [6, 6.07) is 3.45. The molecule has 0 aromatic heterocycles. The Hall–Kier alpha value is -1.67. The fourth-order valence-electron chi connectivity index (χ4n) is 3.73. The van der Waals surface area contributed by atoms with Crippen molar-refractivity contribution in [2.45, 2.75) is 37.0 Å². The number of halogens is 1. The minimum atomic E-state index is -3.93. The molecule has 6 nitrogen and oxygen atoms in total. The molecule has 0 radical (unpaired) electrons. The van der Waals surface area contributed by atoms with Gasteiger partial charge in [0, 0.05) is 26.2 Å². The summed E-state index contributed by atoms with van der Waals surface area (Å²) >= 11 is 0. The lowest BCUT2D eigenvalue weighted by molar-refractivity contribution is -0.137. The fraction of sp³-hybridized carbons (Fsp3) is 0.611. The summed E-state index contributed by atoms with van der Waals surface area (Å²) in [6.07, 6.45) is 4.43. The van der Waals surface area contributed by atoms with E-state index in [4.69, 9.17) is 4.74 Å². The first-order valence-electron chi connectivity index (χ1n) is 9.06. The Morgan fingerprint density at radius 1 is 1.15 bits per heavy atom. The van der Waals surface area contributed by atoms with E-state index in [1.165, 1.54) is 17.5 Å². The fourth-order valence-corrected chi connectivity index (χ4v) is 5.42. The highest BCUT2D eigenvalue weighted by Gasteiger charge is 2.36. The Kier molecular flexibility index (Phi) is 5.82. The molecule has 0 bridgehead atoms. The number of methoxy groups -OCH3 is 1. The van der Waals surface area contributed by atoms with Crippen molar-refractivity contribution in [2.24, 2.45) is 5.92 Å². The molecule has 2 heterocycles. The maximum absolute atomic E-state index is 13.6. The van der Waals surface area contributed by atoms with Crippen LogP contribution in [0.2, 0.25) is 0 Å². The average molecular weight is 384 g/mol. The number of likely N-dealkylation sites (tertiary alicyclic amines) is 1. The zero-order valence-corrected chi connectivity index (χ0v) is 15.8. The SMILES string of the molecule is COc1ccc(F)cc1S(=O)(=O)N1CCC[C@H](C(=O)N2CCCCC2)C1. The number of sulfonamides is 1. The van der Waals surface area contributed by atoms with E-state index in [1.54, 1.807) is 0 Å². The van der Waals surface area contributed by atoms with Gasteiger partial charge in [-0.05, 0) is 50.3 Å². The lowest BCUT2D eigenvalue weighted by atomic mass is 9.97. The predicted octanol–water partition coefficient (Wildman–Crippen LogP) is 2.25. The maximum atomic E-state index is 13.6. The number of hydrogen-bond acceptors (Lipinski definition) is 4. The van der Waals surface area contributed by atoms with E-state index >= 15 is 0 Å². The van der Waals surface area contributed by atoms with Gasteiger partial charge in [-0.2, -0.15) is 4.31 Å². The largest absolute Gasteiger partial charge is 0.495 e. The Morgan fingerprint density at radius 2 is 1.88 bits per heavy atom. The highest BCUT2D eigenvalue weighted by molar-refractivity contribution is 7.89. The van der Waals surface area contributed by atoms with Crippen LogP contribution in [0, 0.1) is 11.7 Å². The van der Waals surface area contributed by atoms with Gasteiger partial charge in [0.2, 0.25) is 15.9 Å². The number of hydrogen-bond donors (Lipinski definition) is 0. The molecule has 1 aromatic rings. The topological polar surface area (TPSA) is 66.9 Å². The predicted molar refractivity (Wildman–Crippen MR) is 94.9 cm³/mol. The van der Waals surface area contributed by atoms with Crippen molar-refractivity contribution in [2.75, 3.05) is 33.3 Å². The van der Waals surface area contributed by atoms with Crippen molar-refractivity contribution in [3.8, 4) is 5.75 Å². The van der Waals surface area contributed by atoms with E-state index in [-0.39, 0.29) is 29.0 Å². The van der Waals surface area contributed by atoms with Gasteiger partial charge in [0.25, 0.3) is 0 Å². The molecule has 0 saturated carbocycles. The van der Waals surface area contributed by atoms with E-state index in [2.05, 4.69) is 0 Å². The highest BCUT2D eigenvalue weighted by Crippen LogP contribution is 2.31. The van der Waals surface area contributed by atoms with Crippen LogP contribution in [0.25, 0.3) is 0 Å². The van der Waals surface area contributed by atoms with E-state index in [1.807, 2.05) is 4.90 Å². The second kappa shape index (κ2) is 7.92. The number of rotatable bonds is 4. The summed E-state index contributed by atoms with van der Waals surface area (Å²) in [5.74, 6) is -0.829. The molecule has 2 aliphatic heterocycles. The molecule has 0 spiro atoms. The van der Waals surface area contributed by atoms with Crippen molar-refractivity contribution < 1.29 is 22.3 Å². The van der Waals surface area contributed by atoms with Crippen LogP contribution >= 0.6 is 0 Å². The van der Waals surface area contributed by atoms with Crippen LogP contribution in [0.4, 0.5) is 4.39 Å². The molecule has 0 N–H and O–H groups in total. The van der Waals surface area contributed by atoms with Gasteiger partial charge in [-0.25, -0.2) is 12.8 Å². The van der Waals surface area contributed by atoms with Crippen molar-refractivity contribution in [1.82, 2.24) is 9.21 Å². The summed E-state index contributed by atoms with van der Waals surface area (Å²) in [7, 11) is -2.57. The number of amides is 1. The van der Waals surface area contributed by atoms with Crippen molar-refractivity contribution >= 4 is 15.9 Å². The lowest BCUT2D eigenvalue weighted by Crippen LogP contribution is -2.47. The second-order valence-electron chi connectivity index (χ2n) is 6.88. The van der Waals surface area contributed by atoms with Crippen LogP contribution < -0.4 is 4.74 Å². The molecule has 144 valence electrons. The number of nitrogens with zero attached hydrogens (tertiary/aromatic N) is 2. The van der Waals surface area contributed by atoms with Crippen LogP contribution in [0.15, 0.2) is 23.1 Å². The Morgan fingerprint density at radius 3 is 2.58 bits per heavy atom. The molecular weight excluding hydrogens is 359 g/mol. The normalized spacial score (nSPS) is 22.2. The lowest BCUT2D eigenvalue weighted by Gasteiger charge is -2.35. The quantitative estimate of drug-likeness (QED) is 0.799. The average Bonchev–Trinajstić information content (AvgIpc) is 2.68. The third kappa shape index (κ3) is 3.86. The smallest absolute Gasteiger partial charge is 0.246 e. The summed E-state index contributed by atoms with van der Waals surface area (Å²) in [6.45, 7) is 1.96. The number of ether oxygens (including phenoxy) is 1. The second-order valence-corrected chi connectivity index (χ2v) is 8.79. The molecule has 1 atom stereocenters. The van der Waals surface area contributed by atoms with Gasteiger partial charge >= 0.3 is 0 Å². The van der Waals surface area contributed by atoms with Crippen LogP contribution in [0.5, 0.6) is 5.75 Å². The minimum absolute atomic E-state index is 0.0378. The molecule has 26 heavy (non-hydrogen) atoms. The third-order valence-electron chi connectivity index (χ3n) is 5.14. The number of piperidine rings is 2. The maximum Gasteiger partial charge on any atom is 0.246 e. The summed E-state index contributed by atoms with van der Waals surface area (Å²) < 4.78 is 46.1. The molecule has 3 rings (SSSR count). The van der Waals surface area contributed by atoms with Gasteiger partial charge in [0.1, 0.15) is 16.5 Å². The van der Waals surface area contributed by atoms with Crippen molar-refractivity contribution in [1.29, 1.82) is 0 Å². The third-order valence-corrected chi connectivity index (χ3v) is 7.03. The molecule has 2 aliphatic rings. The summed E-state index contributed by atoms with van der Waals surface area (Å²) in [5.41, 5.74) is 0. The van der Waals surface area contributed by atoms with Crippen molar-refractivity contribution in [3.05, 3.63) is 24.0 Å². The molecule has 2 fully saturated rings. The van der Waals surface area contributed by atoms with Gasteiger partial charge in [0.05, 0.1) is 13.0 Å². The van der Waals surface area contributed by atoms with E-state index in [0.29, 0.717) is 19.4 Å². The van der Waals surface area contributed by atoms with Crippen LogP contribution in [-0.2, 0) is 14.8 Å². The van der Waals surface area contributed by atoms with E-state index in [9.17, 15) is 17.6 Å². The van der Waals surface area contributed by atoms with Gasteiger partial charge in [-0.3, -0.25) is 4.79 Å². The molecule has 1 aromatic carbocycles. The van der Waals surface area contributed by atoms with Crippen LogP contribution in [-0.4, -0.2) is 56.8 Å². The van der Waals surface area contributed by atoms with Gasteiger partial charge in [-0.15, -0.1) is 0 Å². The van der Waals surface area contributed by atoms with Crippen LogP contribution in [0.1, 0.15) is 32.1 Å². The summed E-state index contributed by atoms with van der Waals surface area (Å²) in [5, 5.41) is 0. The minimum Gasteiger partial charge on any atom is -0.495 e. The molecular formula is C18H25FN2O4S. The zero-order chi connectivity index (χ0) is 18.7. The Labute approximate surface area is 154 Å². The van der Waals surface area contributed by atoms with Crippen LogP contribution in [0.3, 0.4) is 0 Å². The standard InChI is InChI=1S/C18H25FN2O4S/c1-25-16-8-7-15(19)12-17(16)26(23,24)21-11-5-6-14(13-21)18(22)20-9-3-2-4-10-20/h7-8,12,14H,2-6,9-11,13H2,1H3/t14-/m0/s1. The zero-order valence-electron chi connectivity index (χ0n) is 15.0. The first-order chi connectivity index (χ1) is 12.4. The highest BCUT2D eigenvalue weighted by atomic mass is 32.2. The molecule has 8 heteroatoms. The van der Waals surface area contributed by atoms with Gasteiger partial charge in [0.15, 0.2) is 0 Å². The molecule has 2 saturated heterocycles. The number of carbonyl (C=O) groups excluding carboxylic acids is 1. The van der Waals surface area contributed by atoms with Gasteiger partial charge in [-0.1, -0.05) is 0 Å². The number of carbonyl (C=O) groups is 1.